The van der Waals surface area contributed by atoms with E-state index in [2.05, 4.69) is 0 Å². The molecule has 4 aliphatic carbocycles. The quantitative estimate of drug-likeness (QED) is 0.461. The van der Waals surface area contributed by atoms with Gasteiger partial charge in [-0.05, 0) is 53.1 Å². The van der Waals surface area contributed by atoms with Crippen molar-refractivity contribution in [3.63, 3.8) is 0 Å². The molecule has 11 atom stereocenters. The van der Waals surface area contributed by atoms with Gasteiger partial charge in [0, 0.05) is 36.5 Å². The van der Waals surface area contributed by atoms with Crippen LogP contribution in [0.2, 0.25) is 0 Å². The predicted molar refractivity (Wildman–Crippen MR) is 128 cm³/mol. The average Bonchev–Trinajstić information content (AvgIpc) is 3.38. The van der Waals surface area contributed by atoms with Gasteiger partial charge in [-0.1, -0.05) is 27.7 Å². The molecule has 1 aromatic heterocycles. The molecule has 0 bridgehead atoms. The van der Waals surface area contributed by atoms with Gasteiger partial charge in [0.05, 0.1) is 36.9 Å². The number of hydrogen-bond acceptors (Lipinski definition) is 8. The Labute approximate surface area is 212 Å². The summed E-state index contributed by atoms with van der Waals surface area (Å²) in [5.74, 6) is -2.49. The number of ketones is 1. The number of rotatable bonds is 3. The smallest absolute Gasteiger partial charge is 0.302 e. The first kappa shape index (κ1) is 25.9. The molecule has 200 valence electrons. The summed E-state index contributed by atoms with van der Waals surface area (Å²) in [5, 5.41) is 46.0. The zero-order valence-electron chi connectivity index (χ0n) is 21.8. The van der Waals surface area contributed by atoms with Crippen LogP contribution >= 0.6 is 0 Å². The lowest BCUT2D eigenvalue weighted by Crippen LogP contribution is -2.75. The molecule has 1 heterocycles. The maximum atomic E-state index is 14.4. The summed E-state index contributed by atoms with van der Waals surface area (Å²) < 4.78 is 10.9. The van der Waals surface area contributed by atoms with E-state index in [-0.39, 0.29) is 37.6 Å². The van der Waals surface area contributed by atoms with Crippen molar-refractivity contribution in [2.24, 2.45) is 39.4 Å². The first-order valence-electron chi connectivity index (χ1n) is 13.1. The third-order valence-electron chi connectivity index (χ3n) is 11.2. The zero-order chi connectivity index (χ0) is 26.4. The van der Waals surface area contributed by atoms with E-state index < -0.39 is 69.8 Å². The van der Waals surface area contributed by atoms with Crippen molar-refractivity contribution < 1.29 is 39.2 Å². The molecule has 5 rings (SSSR count). The van der Waals surface area contributed by atoms with Crippen molar-refractivity contribution in [3.05, 3.63) is 24.2 Å². The summed E-state index contributed by atoms with van der Waals surface area (Å²) in [6, 6.07) is 1.87. The van der Waals surface area contributed by atoms with Gasteiger partial charge in [0.2, 0.25) is 0 Å². The van der Waals surface area contributed by atoms with Crippen LogP contribution in [0.5, 0.6) is 0 Å². The number of hydrogen-bond donors (Lipinski definition) is 4. The highest BCUT2D eigenvalue weighted by molar-refractivity contribution is 5.86. The van der Waals surface area contributed by atoms with Crippen molar-refractivity contribution in [2.75, 3.05) is 6.61 Å². The molecular formula is C28H40O8. The Bertz CT molecular complexity index is 1030. The van der Waals surface area contributed by atoms with Crippen molar-refractivity contribution in [1.29, 1.82) is 0 Å². The molecule has 4 aliphatic rings. The first-order chi connectivity index (χ1) is 16.7. The number of esters is 1. The van der Waals surface area contributed by atoms with Gasteiger partial charge < -0.3 is 29.6 Å². The van der Waals surface area contributed by atoms with E-state index >= 15 is 0 Å². The van der Waals surface area contributed by atoms with Crippen LogP contribution in [0.1, 0.15) is 71.8 Å². The van der Waals surface area contributed by atoms with E-state index in [4.69, 9.17) is 9.15 Å². The number of fused-ring (bicyclic) bond motifs is 5. The Morgan fingerprint density at radius 3 is 2.36 bits per heavy atom. The lowest BCUT2D eigenvalue weighted by atomic mass is 9.34. The number of ether oxygens (including phenoxy) is 1. The lowest BCUT2D eigenvalue weighted by molar-refractivity contribution is -0.287. The predicted octanol–water partition coefficient (Wildman–Crippen LogP) is 2.43. The molecular weight excluding hydrogens is 464 g/mol. The van der Waals surface area contributed by atoms with Crippen LogP contribution in [-0.4, -0.2) is 63.2 Å². The second-order valence-electron chi connectivity index (χ2n) is 13.1. The zero-order valence-corrected chi connectivity index (χ0v) is 21.8. The summed E-state index contributed by atoms with van der Waals surface area (Å²) in [6.07, 6.45) is 0.443. The van der Waals surface area contributed by atoms with E-state index in [9.17, 15) is 30.0 Å². The number of Topliss-reactive ketones (excluding diaryl/α,β-unsaturated/α-hetero) is 1. The van der Waals surface area contributed by atoms with Crippen LogP contribution in [0, 0.1) is 39.4 Å². The molecule has 0 aromatic carbocycles. The third-order valence-corrected chi connectivity index (χ3v) is 11.2. The van der Waals surface area contributed by atoms with Gasteiger partial charge in [0.15, 0.2) is 0 Å². The minimum Gasteiger partial charge on any atom is -0.472 e. The Morgan fingerprint density at radius 1 is 1.06 bits per heavy atom. The fourth-order valence-electron chi connectivity index (χ4n) is 9.73. The molecule has 0 amide bonds. The monoisotopic (exact) mass is 504 g/mol. The van der Waals surface area contributed by atoms with Crippen LogP contribution in [0.25, 0.3) is 0 Å². The topological polar surface area (TPSA) is 137 Å². The molecule has 0 radical (unpaired) electrons. The summed E-state index contributed by atoms with van der Waals surface area (Å²) in [4.78, 5) is 26.4. The molecule has 0 aliphatic heterocycles. The molecule has 4 fully saturated rings. The lowest BCUT2D eigenvalue weighted by Gasteiger charge is -2.70. The molecule has 11 unspecified atom stereocenters. The Hall–Kier alpha value is -1.74. The van der Waals surface area contributed by atoms with Crippen molar-refractivity contribution in [3.8, 4) is 0 Å². The first-order valence-corrected chi connectivity index (χ1v) is 13.1. The van der Waals surface area contributed by atoms with Crippen LogP contribution in [0.4, 0.5) is 0 Å². The molecule has 36 heavy (non-hydrogen) atoms. The SMILES string of the molecule is CC(=O)OCC12C(O)CC(O)C(C)(C)C1CC(O)C1(C)C3C(O)CC(c4ccoc4)C3(C)CC(=O)C12. The minimum atomic E-state index is -1.19. The average molecular weight is 505 g/mol. The highest BCUT2D eigenvalue weighted by Gasteiger charge is 2.77. The Morgan fingerprint density at radius 2 is 1.75 bits per heavy atom. The van der Waals surface area contributed by atoms with Crippen molar-refractivity contribution >= 4 is 11.8 Å². The summed E-state index contributed by atoms with van der Waals surface area (Å²) >= 11 is 0. The van der Waals surface area contributed by atoms with Crippen LogP contribution in [-0.2, 0) is 14.3 Å². The van der Waals surface area contributed by atoms with E-state index in [0.29, 0.717) is 6.42 Å². The van der Waals surface area contributed by atoms with Crippen LogP contribution < -0.4 is 0 Å². The largest absolute Gasteiger partial charge is 0.472 e. The summed E-state index contributed by atoms with van der Waals surface area (Å²) in [7, 11) is 0. The Balaban J connectivity index is 1.69. The van der Waals surface area contributed by atoms with Gasteiger partial charge in [-0.2, -0.15) is 0 Å². The van der Waals surface area contributed by atoms with Crippen molar-refractivity contribution in [2.45, 2.75) is 90.6 Å². The van der Waals surface area contributed by atoms with Gasteiger partial charge in [0.1, 0.15) is 12.4 Å². The second kappa shape index (κ2) is 8.13. The van der Waals surface area contributed by atoms with Gasteiger partial charge >= 0.3 is 5.97 Å². The van der Waals surface area contributed by atoms with Crippen LogP contribution in [0.3, 0.4) is 0 Å². The van der Waals surface area contributed by atoms with E-state index in [0.717, 1.165) is 5.56 Å². The molecule has 4 N–H and O–H groups in total. The maximum absolute atomic E-state index is 14.4. The number of aliphatic hydroxyl groups is 4. The van der Waals surface area contributed by atoms with Gasteiger partial charge in [-0.15, -0.1) is 0 Å². The number of carbonyl (C=O) groups excluding carboxylic acids is 2. The highest BCUT2D eigenvalue weighted by Crippen LogP contribution is 2.74. The number of carbonyl (C=O) groups is 2. The second-order valence-corrected chi connectivity index (χ2v) is 13.1. The standard InChI is InChI=1S/C28H40O8/c1-14(29)36-13-28-19(25(2,3)20(32)10-22(28)34)9-21(33)27(5)23-17(30)8-16(15-6-7-35-12-15)26(23,4)11-18(31)24(27)28/h6-7,12,16-17,19-24,30,32-34H,8-11,13H2,1-5H3. The number of furan rings is 1. The maximum Gasteiger partial charge on any atom is 0.302 e. The minimum absolute atomic E-state index is 0.0445. The fourth-order valence-corrected chi connectivity index (χ4v) is 9.73. The van der Waals surface area contributed by atoms with Gasteiger partial charge in [-0.25, -0.2) is 0 Å². The van der Waals surface area contributed by atoms with Gasteiger partial charge in [-0.3, -0.25) is 9.59 Å². The van der Waals surface area contributed by atoms with Gasteiger partial charge in [0.25, 0.3) is 0 Å². The number of aliphatic hydroxyl groups excluding tert-OH is 4. The highest BCUT2D eigenvalue weighted by atomic mass is 16.5. The molecule has 8 heteroatoms. The normalized spacial score (nSPS) is 49.6. The molecule has 0 saturated heterocycles. The van der Waals surface area contributed by atoms with E-state index in [1.165, 1.54) is 6.92 Å². The summed E-state index contributed by atoms with van der Waals surface area (Å²) in [5.41, 5.74) is -2.70. The fraction of sp³-hybridized carbons (Fsp3) is 0.786. The van der Waals surface area contributed by atoms with E-state index in [1.54, 1.807) is 12.5 Å². The third kappa shape index (κ3) is 3.14. The van der Waals surface area contributed by atoms with Crippen LogP contribution in [0.15, 0.2) is 23.0 Å². The summed E-state index contributed by atoms with van der Waals surface area (Å²) in [6.45, 7) is 8.81. The van der Waals surface area contributed by atoms with Crippen molar-refractivity contribution in [1.82, 2.24) is 0 Å². The molecule has 4 saturated carbocycles. The molecule has 0 spiro atoms. The molecule has 8 nitrogen and oxygen atoms in total. The molecule has 1 aromatic rings. The Kier molecular flexibility index (Phi) is 5.85. The van der Waals surface area contributed by atoms with E-state index in [1.807, 2.05) is 33.8 Å².